The topological polar surface area (TPSA) is 78.9 Å². The Morgan fingerprint density at radius 3 is 2.70 bits per heavy atom. The molecule has 4 heteroatoms. The van der Waals surface area contributed by atoms with E-state index < -0.39 is 5.54 Å². The molecule has 0 heterocycles. The van der Waals surface area contributed by atoms with Crippen LogP contribution in [0.2, 0.25) is 0 Å². The average Bonchev–Trinajstić information content (AvgIpc) is 2.70. The van der Waals surface area contributed by atoms with E-state index in [-0.39, 0.29) is 12.5 Å². The molecule has 0 aromatic rings. The maximum atomic E-state index is 10.6. The van der Waals surface area contributed by atoms with Crippen molar-refractivity contribution >= 4 is 5.91 Å². The lowest BCUT2D eigenvalue weighted by atomic mass is 10.3. The molecule has 0 unspecified atom stereocenters. The average molecular weight is 139 g/mol. The summed E-state index contributed by atoms with van der Waals surface area (Å²) in [6.45, 7) is -0.0383. The minimum atomic E-state index is -0.559. The van der Waals surface area contributed by atoms with E-state index in [2.05, 4.69) is 5.32 Å². The van der Waals surface area contributed by atoms with E-state index in [0.29, 0.717) is 0 Å². The van der Waals surface area contributed by atoms with Crippen molar-refractivity contribution in [2.75, 3.05) is 6.54 Å². The predicted octanol–water partition coefficient (Wildman–Crippen LogP) is -0.883. The predicted molar refractivity (Wildman–Crippen MR) is 34.8 cm³/mol. The van der Waals surface area contributed by atoms with E-state index in [1.165, 1.54) is 0 Å². The standard InChI is InChI=1S/C6H9N3O/c7-3-5(10)9-6(4-8)1-2-6/h1-3,7H2,(H,9,10). The Kier molecular flexibility index (Phi) is 1.60. The molecule has 1 saturated carbocycles. The van der Waals surface area contributed by atoms with E-state index >= 15 is 0 Å². The van der Waals surface area contributed by atoms with Gasteiger partial charge in [0.15, 0.2) is 0 Å². The SMILES string of the molecule is N#CC1(NC(=O)CN)CC1. The van der Waals surface area contributed by atoms with Gasteiger partial charge in [0.1, 0.15) is 5.54 Å². The van der Waals surface area contributed by atoms with Crippen LogP contribution in [-0.2, 0) is 4.79 Å². The van der Waals surface area contributed by atoms with Crippen molar-refractivity contribution in [3.63, 3.8) is 0 Å². The minimum absolute atomic E-state index is 0.0383. The van der Waals surface area contributed by atoms with E-state index in [1.54, 1.807) is 0 Å². The van der Waals surface area contributed by atoms with Gasteiger partial charge in [-0.2, -0.15) is 5.26 Å². The van der Waals surface area contributed by atoms with Gasteiger partial charge in [0.2, 0.25) is 5.91 Å². The number of hydrogen-bond donors (Lipinski definition) is 2. The van der Waals surface area contributed by atoms with E-state index in [1.807, 2.05) is 6.07 Å². The molecule has 1 fully saturated rings. The minimum Gasteiger partial charge on any atom is -0.337 e. The first kappa shape index (κ1) is 7.03. The number of nitriles is 1. The van der Waals surface area contributed by atoms with Crippen molar-refractivity contribution in [1.29, 1.82) is 5.26 Å². The quantitative estimate of drug-likeness (QED) is 0.521. The number of hydrogen-bond acceptors (Lipinski definition) is 3. The van der Waals surface area contributed by atoms with Crippen molar-refractivity contribution in [2.45, 2.75) is 18.4 Å². The molecule has 0 saturated heterocycles. The monoisotopic (exact) mass is 139 g/mol. The molecule has 0 aliphatic heterocycles. The summed E-state index contributed by atoms with van der Waals surface area (Å²) in [6, 6.07) is 2.03. The summed E-state index contributed by atoms with van der Waals surface area (Å²) in [5.74, 6) is -0.251. The molecule has 0 spiro atoms. The summed E-state index contributed by atoms with van der Waals surface area (Å²) < 4.78 is 0. The first-order valence-electron chi connectivity index (χ1n) is 3.15. The van der Waals surface area contributed by atoms with Crippen LogP contribution in [0.3, 0.4) is 0 Å². The number of carbonyl (C=O) groups excluding carboxylic acids is 1. The van der Waals surface area contributed by atoms with E-state index in [9.17, 15) is 4.79 Å². The van der Waals surface area contributed by atoms with Gasteiger partial charge in [0.05, 0.1) is 12.6 Å². The van der Waals surface area contributed by atoms with Crippen LogP contribution in [-0.4, -0.2) is 18.0 Å². The second-order valence-electron chi connectivity index (χ2n) is 2.45. The largest absolute Gasteiger partial charge is 0.337 e. The second kappa shape index (κ2) is 2.27. The van der Waals surface area contributed by atoms with Gasteiger partial charge in [0.25, 0.3) is 0 Å². The highest BCUT2D eigenvalue weighted by Gasteiger charge is 2.44. The van der Waals surface area contributed by atoms with Gasteiger partial charge >= 0.3 is 0 Å². The summed E-state index contributed by atoms with van der Waals surface area (Å²) in [5, 5.41) is 11.0. The Balaban J connectivity index is 2.40. The van der Waals surface area contributed by atoms with Crippen LogP contribution in [0, 0.1) is 11.3 Å². The smallest absolute Gasteiger partial charge is 0.234 e. The Morgan fingerprint density at radius 2 is 2.40 bits per heavy atom. The molecule has 0 atom stereocenters. The molecule has 3 N–H and O–H groups in total. The van der Waals surface area contributed by atoms with Crippen molar-refractivity contribution in [3.8, 4) is 6.07 Å². The molecular formula is C6H9N3O. The number of nitrogens with one attached hydrogen (secondary N) is 1. The number of rotatable bonds is 2. The molecular weight excluding hydrogens is 130 g/mol. The highest BCUT2D eigenvalue weighted by atomic mass is 16.2. The van der Waals surface area contributed by atoms with Crippen LogP contribution in [0.4, 0.5) is 0 Å². The molecule has 0 aromatic heterocycles. The van der Waals surface area contributed by atoms with Gasteiger partial charge in [-0.1, -0.05) is 0 Å². The Bertz CT molecular complexity index is 190. The molecule has 4 nitrogen and oxygen atoms in total. The normalized spacial score (nSPS) is 19.2. The van der Waals surface area contributed by atoms with Crippen LogP contribution >= 0.6 is 0 Å². The molecule has 1 rings (SSSR count). The van der Waals surface area contributed by atoms with E-state index in [0.717, 1.165) is 12.8 Å². The van der Waals surface area contributed by atoms with Crippen LogP contribution in [0.15, 0.2) is 0 Å². The van der Waals surface area contributed by atoms with Gasteiger partial charge in [-0.15, -0.1) is 0 Å². The fourth-order valence-electron chi connectivity index (χ4n) is 0.708. The highest BCUT2D eigenvalue weighted by Crippen LogP contribution is 2.33. The number of nitrogens with two attached hydrogens (primary N) is 1. The maximum Gasteiger partial charge on any atom is 0.234 e. The number of nitrogens with zero attached hydrogens (tertiary/aromatic N) is 1. The van der Waals surface area contributed by atoms with Gasteiger partial charge in [0, 0.05) is 0 Å². The van der Waals surface area contributed by atoms with Crippen LogP contribution in [0.5, 0.6) is 0 Å². The van der Waals surface area contributed by atoms with Crippen molar-refractivity contribution < 1.29 is 4.79 Å². The molecule has 0 aromatic carbocycles. The fraction of sp³-hybridized carbons (Fsp3) is 0.667. The summed E-state index contributed by atoms with van der Waals surface area (Å²) >= 11 is 0. The zero-order chi connectivity index (χ0) is 7.61. The third-order valence-corrected chi connectivity index (χ3v) is 1.53. The van der Waals surface area contributed by atoms with Crippen molar-refractivity contribution in [1.82, 2.24) is 5.32 Å². The first-order valence-corrected chi connectivity index (χ1v) is 3.15. The van der Waals surface area contributed by atoms with Crippen molar-refractivity contribution in [3.05, 3.63) is 0 Å². The van der Waals surface area contributed by atoms with Gasteiger partial charge in [-0.05, 0) is 12.8 Å². The number of amides is 1. The molecule has 0 radical (unpaired) electrons. The molecule has 1 aliphatic carbocycles. The summed E-state index contributed by atoms with van der Waals surface area (Å²) in [4.78, 5) is 10.6. The molecule has 1 amide bonds. The van der Waals surface area contributed by atoms with Gasteiger partial charge in [-0.3, -0.25) is 4.79 Å². The number of carbonyl (C=O) groups is 1. The maximum absolute atomic E-state index is 10.6. The second-order valence-corrected chi connectivity index (χ2v) is 2.45. The summed E-state index contributed by atoms with van der Waals surface area (Å²) in [7, 11) is 0. The Labute approximate surface area is 59.0 Å². The van der Waals surface area contributed by atoms with Crippen LogP contribution in [0.25, 0.3) is 0 Å². The zero-order valence-electron chi connectivity index (χ0n) is 5.55. The van der Waals surface area contributed by atoms with Gasteiger partial charge < -0.3 is 11.1 Å². The molecule has 54 valence electrons. The summed E-state index contributed by atoms with van der Waals surface area (Å²) in [6.07, 6.45) is 1.52. The van der Waals surface area contributed by atoms with Crippen LogP contribution < -0.4 is 11.1 Å². The molecule has 1 aliphatic rings. The third-order valence-electron chi connectivity index (χ3n) is 1.53. The third kappa shape index (κ3) is 1.25. The molecule has 10 heavy (non-hydrogen) atoms. The lowest BCUT2D eigenvalue weighted by molar-refractivity contribution is -0.120. The van der Waals surface area contributed by atoms with Crippen LogP contribution in [0.1, 0.15) is 12.8 Å². The first-order chi connectivity index (χ1) is 4.72. The zero-order valence-corrected chi connectivity index (χ0v) is 5.55. The summed E-state index contributed by atoms with van der Waals surface area (Å²) in [5.41, 5.74) is 4.48. The lowest BCUT2D eigenvalue weighted by Gasteiger charge is -2.05. The van der Waals surface area contributed by atoms with E-state index in [4.69, 9.17) is 11.0 Å². The molecule has 0 bridgehead atoms. The Morgan fingerprint density at radius 1 is 1.80 bits per heavy atom. The van der Waals surface area contributed by atoms with Gasteiger partial charge in [-0.25, -0.2) is 0 Å². The highest BCUT2D eigenvalue weighted by molar-refractivity contribution is 5.79. The fourth-order valence-corrected chi connectivity index (χ4v) is 0.708. The van der Waals surface area contributed by atoms with Crippen molar-refractivity contribution in [2.24, 2.45) is 5.73 Å². The Hall–Kier alpha value is -1.08. The lowest BCUT2D eigenvalue weighted by Crippen LogP contribution is -2.39.